The number of carbonyl (C=O) groups excluding carboxylic acids is 2. The van der Waals surface area contributed by atoms with Gasteiger partial charge in [0.15, 0.2) is 0 Å². The molecule has 2 unspecified atom stereocenters. The second kappa shape index (κ2) is 9.00. The smallest absolute Gasteiger partial charge is 0.228 e. The number of benzene rings is 1. The summed E-state index contributed by atoms with van der Waals surface area (Å²) in [5.74, 6) is -0.378. The Morgan fingerprint density at radius 2 is 1.71 bits per heavy atom. The predicted octanol–water partition coefficient (Wildman–Crippen LogP) is 3.48. The van der Waals surface area contributed by atoms with Gasteiger partial charge in [-0.25, -0.2) is 0 Å². The molecule has 5 nitrogen and oxygen atoms in total. The number of hydrogen-bond acceptors (Lipinski definition) is 3. The van der Waals surface area contributed by atoms with Crippen LogP contribution in [0.15, 0.2) is 42.7 Å². The fourth-order valence-corrected chi connectivity index (χ4v) is 3.62. The maximum absolute atomic E-state index is 12.7. The summed E-state index contributed by atoms with van der Waals surface area (Å²) in [6.07, 6.45) is 6.69. The first-order valence-corrected chi connectivity index (χ1v) is 10.1. The predicted molar refractivity (Wildman–Crippen MR) is 111 cm³/mol. The zero-order valence-electron chi connectivity index (χ0n) is 16.9. The second-order valence-electron chi connectivity index (χ2n) is 7.46. The lowest BCUT2D eigenvalue weighted by molar-refractivity contribution is -0.132. The minimum absolute atomic E-state index is 0.0310. The Kier molecular flexibility index (Phi) is 6.45. The van der Waals surface area contributed by atoms with Crippen LogP contribution in [0, 0.1) is 11.8 Å². The monoisotopic (exact) mass is 379 g/mol. The number of aryl methyl sites for hydroxylation is 2. The summed E-state index contributed by atoms with van der Waals surface area (Å²) >= 11 is 0. The fourth-order valence-electron chi connectivity index (χ4n) is 3.62. The third-order valence-corrected chi connectivity index (χ3v) is 5.55. The third kappa shape index (κ3) is 4.58. The Labute approximate surface area is 167 Å². The van der Waals surface area contributed by atoms with E-state index in [9.17, 15) is 9.59 Å². The number of amides is 2. The zero-order valence-corrected chi connectivity index (χ0v) is 16.9. The normalized spacial score (nSPS) is 17.8. The van der Waals surface area contributed by atoms with Crippen LogP contribution in [0.5, 0.6) is 0 Å². The lowest BCUT2D eigenvalue weighted by Crippen LogP contribution is -2.31. The van der Waals surface area contributed by atoms with Gasteiger partial charge in [0.05, 0.1) is 11.8 Å². The number of hydrogen-bond donors (Lipinski definition) is 1. The Hall–Kier alpha value is -2.69. The molecule has 148 valence electrons. The van der Waals surface area contributed by atoms with Crippen LogP contribution in [0.25, 0.3) is 0 Å². The summed E-state index contributed by atoms with van der Waals surface area (Å²) in [5, 5.41) is 3.11. The number of anilines is 1. The van der Waals surface area contributed by atoms with Crippen molar-refractivity contribution in [1.29, 1.82) is 0 Å². The molecule has 1 aromatic heterocycles. The van der Waals surface area contributed by atoms with E-state index >= 15 is 0 Å². The summed E-state index contributed by atoms with van der Waals surface area (Å²) in [4.78, 5) is 31.2. The van der Waals surface area contributed by atoms with Crippen molar-refractivity contribution in [3.05, 3.63) is 59.4 Å². The third-order valence-electron chi connectivity index (χ3n) is 5.55. The molecule has 0 radical (unpaired) electrons. The number of nitrogens with zero attached hydrogens (tertiary/aromatic N) is 2. The van der Waals surface area contributed by atoms with Crippen molar-refractivity contribution in [1.82, 2.24) is 9.88 Å². The highest BCUT2D eigenvalue weighted by Gasteiger charge is 2.49. The molecule has 0 bridgehead atoms. The number of rotatable bonds is 8. The van der Waals surface area contributed by atoms with Gasteiger partial charge in [0, 0.05) is 31.7 Å². The molecule has 1 aliphatic carbocycles. The van der Waals surface area contributed by atoms with Crippen LogP contribution in [0.3, 0.4) is 0 Å². The molecule has 0 aliphatic heterocycles. The van der Waals surface area contributed by atoms with Crippen molar-refractivity contribution in [2.45, 2.75) is 39.5 Å². The minimum Gasteiger partial charge on any atom is -0.345 e. The number of carbonyl (C=O) groups is 2. The Morgan fingerprint density at radius 3 is 2.32 bits per heavy atom. The van der Waals surface area contributed by atoms with E-state index in [2.05, 4.69) is 36.3 Å². The lowest BCUT2D eigenvalue weighted by Gasteiger charge is -2.18. The van der Waals surface area contributed by atoms with E-state index in [0.717, 1.165) is 41.6 Å². The number of nitrogens with one attached hydrogen (secondary N) is 1. The van der Waals surface area contributed by atoms with Crippen molar-refractivity contribution in [3.63, 3.8) is 0 Å². The molecule has 2 aromatic rings. The summed E-state index contributed by atoms with van der Waals surface area (Å²) in [6, 6.07) is 10.1. The maximum atomic E-state index is 12.7. The molecule has 0 saturated heterocycles. The molecule has 28 heavy (non-hydrogen) atoms. The molecule has 3 rings (SSSR count). The van der Waals surface area contributed by atoms with Crippen LogP contribution >= 0.6 is 0 Å². The van der Waals surface area contributed by atoms with E-state index in [-0.39, 0.29) is 23.7 Å². The van der Waals surface area contributed by atoms with Crippen LogP contribution in [0.2, 0.25) is 0 Å². The molecular formula is C23H29N3O2. The van der Waals surface area contributed by atoms with Gasteiger partial charge in [0.25, 0.3) is 0 Å². The summed E-state index contributed by atoms with van der Waals surface area (Å²) in [7, 11) is 1.82. The van der Waals surface area contributed by atoms with Crippen LogP contribution in [-0.2, 0) is 28.9 Å². The molecule has 5 heteroatoms. The Morgan fingerprint density at radius 1 is 1.07 bits per heavy atom. The standard InChI is InChI=1S/C23H29N3O2/c1-4-17-7-6-8-18(5-2)21(17)25-22(27)19-15-20(19)23(28)26(3)14-11-16-9-12-24-13-10-16/h6-10,12-13,19-20H,4-5,11,14-15H2,1-3H3,(H,25,27). The molecule has 0 spiro atoms. The zero-order chi connectivity index (χ0) is 20.1. The first-order valence-electron chi connectivity index (χ1n) is 10.1. The first kappa shape index (κ1) is 20.1. The van der Waals surface area contributed by atoms with E-state index < -0.39 is 0 Å². The van der Waals surface area contributed by atoms with E-state index in [0.29, 0.717) is 13.0 Å². The van der Waals surface area contributed by atoms with Gasteiger partial charge in [-0.2, -0.15) is 0 Å². The second-order valence-corrected chi connectivity index (χ2v) is 7.46. The first-order chi connectivity index (χ1) is 13.5. The Bertz CT molecular complexity index is 813. The topological polar surface area (TPSA) is 62.3 Å². The Balaban J connectivity index is 1.56. The van der Waals surface area contributed by atoms with Crippen LogP contribution in [-0.4, -0.2) is 35.3 Å². The summed E-state index contributed by atoms with van der Waals surface area (Å²) in [5.41, 5.74) is 4.38. The molecule has 1 aliphatic rings. The van der Waals surface area contributed by atoms with E-state index in [1.165, 1.54) is 0 Å². The lowest BCUT2D eigenvalue weighted by atomic mass is 10.0. The van der Waals surface area contributed by atoms with Crippen LogP contribution < -0.4 is 5.32 Å². The molecule has 1 N–H and O–H groups in total. The molecule has 1 fully saturated rings. The average Bonchev–Trinajstić information content (AvgIpc) is 3.53. The highest BCUT2D eigenvalue weighted by Crippen LogP contribution is 2.41. The molecule has 2 amide bonds. The van der Waals surface area contributed by atoms with Gasteiger partial charge in [-0.05, 0) is 54.5 Å². The van der Waals surface area contributed by atoms with E-state index in [1.54, 1.807) is 17.3 Å². The maximum Gasteiger partial charge on any atom is 0.228 e. The number of para-hydroxylation sites is 1. The molecule has 1 heterocycles. The molecule has 1 saturated carbocycles. The van der Waals surface area contributed by atoms with Gasteiger partial charge in [-0.1, -0.05) is 32.0 Å². The number of aromatic nitrogens is 1. The van der Waals surface area contributed by atoms with Gasteiger partial charge in [-0.15, -0.1) is 0 Å². The van der Waals surface area contributed by atoms with Crippen LogP contribution in [0.1, 0.15) is 37.0 Å². The minimum atomic E-state index is -0.217. The van der Waals surface area contributed by atoms with Crippen molar-refractivity contribution < 1.29 is 9.59 Å². The van der Waals surface area contributed by atoms with Crippen molar-refractivity contribution >= 4 is 17.5 Å². The number of likely N-dealkylation sites (N-methyl/N-ethyl adjacent to an activating group) is 1. The largest absolute Gasteiger partial charge is 0.345 e. The quantitative estimate of drug-likeness (QED) is 0.764. The average molecular weight is 380 g/mol. The van der Waals surface area contributed by atoms with Crippen molar-refractivity contribution in [2.24, 2.45) is 11.8 Å². The molecule has 2 atom stereocenters. The van der Waals surface area contributed by atoms with Crippen molar-refractivity contribution in [2.75, 3.05) is 18.9 Å². The summed E-state index contributed by atoms with van der Waals surface area (Å²) in [6.45, 7) is 4.82. The fraction of sp³-hybridized carbons (Fsp3) is 0.435. The number of pyridine rings is 1. The summed E-state index contributed by atoms with van der Waals surface area (Å²) < 4.78 is 0. The van der Waals surface area contributed by atoms with E-state index in [4.69, 9.17) is 0 Å². The van der Waals surface area contributed by atoms with Crippen molar-refractivity contribution in [3.8, 4) is 0 Å². The van der Waals surface area contributed by atoms with Gasteiger partial charge in [0.2, 0.25) is 11.8 Å². The van der Waals surface area contributed by atoms with Gasteiger partial charge < -0.3 is 10.2 Å². The van der Waals surface area contributed by atoms with Gasteiger partial charge in [-0.3, -0.25) is 14.6 Å². The highest BCUT2D eigenvalue weighted by atomic mass is 16.2. The van der Waals surface area contributed by atoms with Crippen LogP contribution in [0.4, 0.5) is 5.69 Å². The van der Waals surface area contributed by atoms with Gasteiger partial charge in [0.1, 0.15) is 0 Å². The molecular weight excluding hydrogens is 350 g/mol. The SMILES string of the molecule is CCc1cccc(CC)c1NC(=O)C1CC1C(=O)N(C)CCc1ccncc1. The van der Waals surface area contributed by atoms with Gasteiger partial charge >= 0.3 is 0 Å². The molecule has 1 aromatic carbocycles. The highest BCUT2D eigenvalue weighted by molar-refractivity contribution is 6.00. The van der Waals surface area contributed by atoms with E-state index in [1.807, 2.05) is 25.2 Å².